The van der Waals surface area contributed by atoms with Crippen LogP contribution in [0.2, 0.25) is 0 Å². The van der Waals surface area contributed by atoms with E-state index < -0.39 is 0 Å². The van der Waals surface area contributed by atoms with Gasteiger partial charge in [0, 0.05) is 16.2 Å². The highest BCUT2D eigenvalue weighted by atomic mass is 16.3. The van der Waals surface area contributed by atoms with Crippen molar-refractivity contribution in [1.82, 2.24) is 9.55 Å². The first-order chi connectivity index (χ1) is 31.6. The summed E-state index contributed by atoms with van der Waals surface area (Å²) in [5.74, 6) is 1.32. The molecule has 11 aromatic rings. The number of furan rings is 1. The van der Waals surface area contributed by atoms with Gasteiger partial charge in [0.05, 0.1) is 22.3 Å². The van der Waals surface area contributed by atoms with Gasteiger partial charge in [-0.2, -0.15) is 0 Å². The molecule has 0 saturated carbocycles. The maximum atomic E-state index is 7.04. The molecular weight excluding hydrogens is 801 g/mol. The molecule has 2 heterocycles. The summed E-state index contributed by atoms with van der Waals surface area (Å²) in [5.41, 5.74) is 16.3. The van der Waals surface area contributed by atoms with Crippen LogP contribution in [0.15, 0.2) is 162 Å². The van der Waals surface area contributed by atoms with E-state index in [4.69, 9.17) is 9.40 Å². The minimum Gasteiger partial charge on any atom is -0.455 e. The zero-order valence-electron chi connectivity index (χ0n) is 40.0. The lowest BCUT2D eigenvalue weighted by Crippen LogP contribution is -2.16. The van der Waals surface area contributed by atoms with Crippen LogP contribution >= 0.6 is 0 Å². The van der Waals surface area contributed by atoms with E-state index in [9.17, 15) is 0 Å². The molecule has 0 atom stereocenters. The van der Waals surface area contributed by atoms with Gasteiger partial charge in [0.15, 0.2) is 0 Å². The fourth-order valence-electron chi connectivity index (χ4n) is 10.2. The maximum absolute atomic E-state index is 7.04. The van der Waals surface area contributed by atoms with Crippen molar-refractivity contribution in [3.05, 3.63) is 180 Å². The standard InChI is InChI=1S/C63H58N2O/c1-37(2)52-33-45(40-24-22-39(23-25-40)44-30-46(62(5,6)7)35-47(31-44)63(8,9)10)34-53(38(3)4)58(52)65-59-49-19-14-12-17-42(49)28-29-56(59)64-61(65)51-21-15-20-50-55-32-43-27-26-41-16-11-13-18-48(41)54(43)36-57(55)66-60(50)51/h11-38H,1-10H3. The van der Waals surface area contributed by atoms with E-state index in [1.165, 1.54) is 82.5 Å². The molecule has 0 fully saturated rings. The van der Waals surface area contributed by atoms with E-state index in [2.05, 4.69) is 232 Å². The van der Waals surface area contributed by atoms with Gasteiger partial charge >= 0.3 is 0 Å². The van der Waals surface area contributed by atoms with Crippen LogP contribution < -0.4 is 0 Å². The third-order valence-corrected chi connectivity index (χ3v) is 14.0. The molecule has 0 saturated heterocycles. The Morgan fingerprint density at radius 2 is 1.00 bits per heavy atom. The first kappa shape index (κ1) is 41.7. The Morgan fingerprint density at radius 3 is 1.62 bits per heavy atom. The third-order valence-electron chi connectivity index (χ3n) is 14.0. The van der Waals surface area contributed by atoms with Gasteiger partial charge in [0.2, 0.25) is 0 Å². The second-order valence-corrected chi connectivity index (χ2v) is 21.3. The lowest BCUT2D eigenvalue weighted by atomic mass is 9.79. The summed E-state index contributed by atoms with van der Waals surface area (Å²) in [5, 5.41) is 9.43. The van der Waals surface area contributed by atoms with E-state index in [1.54, 1.807) is 0 Å². The molecule has 11 rings (SSSR count). The number of imidazole rings is 1. The summed E-state index contributed by atoms with van der Waals surface area (Å²) >= 11 is 0. The first-order valence-corrected chi connectivity index (χ1v) is 23.7. The van der Waals surface area contributed by atoms with Crippen molar-refractivity contribution < 1.29 is 4.42 Å². The number of rotatable bonds is 6. The molecule has 0 radical (unpaired) electrons. The monoisotopic (exact) mass is 858 g/mol. The predicted octanol–water partition coefficient (Wildman–Crippen LogP) is 18.2. The van der Waals surface area contributed by atoms with Crippen molar-refractivity contribution in [2.45, 2.75) is 91.9 Å². The summed E-state index contributed by atoms with van der Waals surface area (Å²) in [6.07, 6.45) is 0. The molecule has 0 N–H and O–H groups in total. The second-order valence-electron chi connectivity index (χ2n) is 21.3. The van der Waals surface area contributed by atoms with Gasteiger partial charge in [-0.3, -0.25) is 4.57 Å². The van der Waals surface area contributed by atoms with Crippen LogP contribution in [0.1, 0.15) is 103 Å². The molecule has 3 heteroatoms. The molecule has 0 amide bonds. The quantitative estimate of drug-likeness (QED) is 0.156. The van der Waals surface area contributed by atoms with Gasteiger partial charge in [-0.15, -0.1) is 0 Å². The van der Waals surface area contributed by atoms with Crippen LogP contribution in [0.3, 0.4) is 0 Å². The van der Waals surface area contributed by atoms with Crippen LogP contribution in [0, 0.1) is 0 Å². The summed E-state index contributed by atoms with van der Waals surface area (Å²) in [6, 6.07) is 58.6. The first-order valence-electron chi connectivity index (χ1n) is 23.7. The van der Waals surface area contributed by atoms with E-state index in [0.717, 1.165) is 44.4 Å². The number of hydrogen-bond donors (Lipinski definition) is 0. The van der Waals surface area contributed by atoms with E-state index in [0.29, 0.717) is 0 Å². The number of hydrogen-bond acceptors (Lipinski definition) is 2. The highest BCUT2D eigenvalue weighted by Gasteiger charge is 2.27. The topological polar surface area (TPSA) is 31.0 Å². The van der Waals surface area contributed by atoms with Gasteiger partial charge in [0.25, 0.3) is 0 Å². The Balaban J connectivity index is 1.13. The highest BCUT2D eigenvalue weighted by molar-refractivity contribution is 6.18. The van der Waals surface area contributed by atoms with Gasteiger partial charge < -0.3 is 4.42 Å². The van der Waals surface area contributed by atoms with Crippen LogP contribution in [0.25, 0.3) is 105 Å². The number of para-hydroxylation sites is 1. The van der Waals surface area contributed by atoms with E-state index in [-0.39, 0.29) is 22.7 Å². The molecule has 0 aliphatic heterocycles. The summed E-state index contributed by atoms with van der Waals surface area (Å²) in [6.45, 7) is 23.2. The summed E-state index contributed by atoms with van der Waals surface area (Å²) in [4.78, 5) is 5.59. The molecule has 3 nitrogen and oxygen atoms in total. The number of benzene rings is 9. The Labute approximate surface area is 388 Å². The van der Waals surface area contributed by atoms with Crippen LogP contribution in [-0.2, 0) is 10.8 Å². The second kappa shape index (κ2) is 15.3. The Hall–Kier alpha value is -6.97. The minimum atomic E-state index is 0.0499. The molecule has 9 aromatic carbocycles. The van der Waals surface area contributed by atoms with Crippen molar-refractivity contribution in [1.29, 1.82) is 0 Å². The smallest absolute Gasteiger partial charge is 0.149 e. The number of nitrogens with zero attached hydrogens (tertiary/aromatic N) is 2. The van der Waals surface area contributed by atoms with Crippen LogP contribution in [0.4, 0.5) is 0 Å². The Bertz CT molecular complexity index is 3650. The average molecular weight is 859 g/mol. The Kier molecular flexibility index (Phi) is 9.68. The molecular formula is C63H58N2O. The minimum absolute atomic E-state index is 0.0499. The molecule has 2 aromatic heterocycles. The fourth-order valence-corrected chi connectivity index (χ4v) is 10.2. The van der Waals surface area contributed by atoms with Crippen molar-refractivity contribution in [3.8, 4) is 39.3 Å². The predicted molar refractivity (Wildman–Crippen MR) is 283 cm³/mol. The molecule has 0 spiro atoms. The molecule has 0 aliphatic rings. The van der Waals surface area contributed by atoms with Crippen molar-refractivity contribution in [3.63, 3.8) is 0 Å². The van der Waals surface area contributed by atoms with Crippen molar-refractivity contribution in [2.75, 3.05) is 0 Å². The average Bonchev–Trinajstić information content (AvgIpc) is 3.88. The largest absolute Gasteiger partial charge is 0.455 e. The lowest BCUT2D eigenvalue weighted by Gasteiger charge is -2.26. The number of aromatic nitrogens is 2. The van der Waals surface area contributed by atoms with Crippen LogP contribution in [-0.4, -0.2) is 9.55 Å². The zero-order chi connectivity index (χ0) is 45.8. The SMILES string of the molecule is CC(C)c1cc(-c2ccc(-c3cc(C(C)(C)C)cc(C(C)(C)C)c3)cc2)cc(C(C)C)c1-n1c(-c2cccc3c2oc2cc4c(ccc5ccccc54)cc23)nc2ccc3ccccc3c21. The number of fused-ring (bicyclic) bond motifs is 9. The molecule has 66 heavy (non-hydrogen) atoms. The molecule has 0 aliphatic carbocycles. The normalized spacial score (nSPS) is 12.7. The van der Waals surface area contributed by atoms with Gasteiger partial charge in [-0.1, -0.05) is 191 Å². The van der Waals surface area contributed by atoms with Gasteiger partial charge in [0.1, 0.15) is 17.0 Å². The van der Waals surface area contributed by atoms with Gasteiger partial charge in [-0.25, -0.2) is 4.98 Å². The van der Waals surface area contributed by atoms with Crippen LogP contribution in [0.5, 0.6) is 0 Å². The zero-order valence-corrected chi connectivity index (χ0v) is 40.0. The van der Waals surface area contributed by atoms with Gasteiger partial charge in [-0.05, 0) is 131 Å². The lowest BCUT2D eigenvalue weighted by molar-refractivity contribution is 0.569. The summed E-state index contributed by atoms with van der Waals surface area (Å²) in [7, 11) is 0. The summed E-state index contributed by atoms with van der Waals surface area (Å²) < 4.78 is 9.52. The van der Waals surface area contributed by atoms with E-state index >= 15 is 0 Å². The third kappa shape index (κ3) is 6.90. The maximum Gasteiger partial charge on any atom is 0.149 e. The molecule has 0 bridgehead atoms. The molecule has 326 valence electrons. The Morgan fingerprint density at radius 1 is 0.455 bits per heavy atom. The van der Waals surface area contributed by atoms with E-state index in [1.807, 2.05) is 0 Å². The fraction of sp³-hybridized carbons (Fsp3) is 0.222. The molecule has 0 unspecified atom stereocenters. The van der Waals surface area contributed by atoms with Crippen molar-refractivity contribution >= 4 is 65.3 Å². The van der Waals surface area contributed by atoms with Crippen molar-refractivity contribution in [2.24, 2.45) is 0 Å². The highest BCUT2D eigenvalue weighted by Crippen LogP contribution is 2.45.